The van der Waals surface area contributed by atoms with E-state index in [1.54, 1.807) is 12.1 Å². The smallest absolute Gasteiger partial charge is 0.308 e. The van der Waals surface area contributed by atoms with Crippen molar-refractivity contribution >= 4 is 33.2 Å². The van der Waals surface area contributed by atoms with Gasteiger partial charge in [0.25, 0.3) is 0 Å². The average Bonchev–Trinajstić information content (AvgIpc) is 2.53. The van der Waals surface area contributed by atoms with Crippen LogP contribution in [0.25, 0.3) is 10.1 Å². The Kier molecular flexibility index (Phi) is 4.57. The lowest BCUT2D eigenvalue weighted by Gasteiger charge is -2.21. The Morgan fingerprint density at radius 3 is 2.78 bits per heavy atom. The normalized spacial score (nSPS) is 18.1. The van der Waals surface area contributed by atoms with Crippen LogP contribution in [0.4, 0.5) is 0 Å². The number of Topliss-reactive ketones (excluding diaryl/α,β-unsaturated/α-hetero) is 1. The Bertz CT molecular complexity index is 821. The molecule has 23 heavy (non-hydrogen) atoms. The number of carbonyl (C=O) groups excluding carboxylic acids is 2. The maximum Gasteiger partial charge on any atom is 0.308 e. The van der Waals surface area contributed by atoms with Crippen LogP contribution in [0.2, 0.25) is 0 Å². The molecule has 4 nitrogen and oxygen atoms in total. The van der Waals surface area contributed by atoms with Crippen LogP contribution in [0.15, 0.2) is 29.1 Å². The number of benzene rings is 1. The summed E-state index contributed by atoms with van der Waals surface area (Å²) in [5, 5.41) is 0.549. The Morgan fingerprint density at radius 1 is 1.26 bits per heavy atom. The fraction of sp³-hybridized carbons (Fsp3) is 0.389. The van der Waals surface area contributed by atoms with E-state index in [1.807, 2.05) is 12.1 Å². The Balaban J connectivity index is 2.07. The Hall–Kier alpha value is -2.01. The average molecular weight is 330 g/mol. The molecule has 0 amide bonds. The highest BCUT2D eigenvalue weighted by molar-refractivity contribution is 7.18. The van der Waals surface area contributed by atoms with Crippen LogP contribution >= 0.6 is 11.3 Å². The van der Waals surface area contributed by atoms with Crippen molar-refractivity contribution in [2.24, 2.45) is 5.92 Å². The van der Waals surface area contributed by atoms with Crippen molar-refractivity contribution in [1.29, 1.82) is 0 Å². The van der Waals surface area contributed by atoms with Crippen molar-refractivity contribution in [3.63, 3.8) is 0 Å². The van der Waals surface area contributed by atoms with Crippen molar-refractivity contribution in [3.8, 4) is 5.75 Å². The highest BCUT2D eigenvalue weighted by Gasteiger charge is 2.26. The van der Waals surface area contributed by atoms with Gasteiger partial charge in [0.1, 0.15) is 5.78 Å². The lowest BCUT2D eigenvalue weighted by molar-refractivity contribution is -0.132. The number of hydrogen-bond donors (Lipinski definition) is 0. The molecule has 3 rings (SSSR count). The monoisotopic (exact) mass is 330 g/mol. The molecule has 1 aromatic carbocycles. The Labute approximate surface area is 138 Å². The lowest BCUT2D eigenvalue weighted by Crippen LogP contribution is -2.22. The molecule has 1 aromatic heterocycles. The fourth-order valence-electron chi connectivity index (χ4n) is 3.05. The van der Waals surface area contributed by atoms with Gasteiger partial charge in [-0.3, -0.25) is 14.4 Å². The standard InChI is InChI=1S/C18H18O4S/c1-11(19)22-18-16(10-12-6-2-4-8-14(12)20)23-15-9-5-3-7-13(15)17(18)21/h3,5,7,9,12H,2,4,6,8,10H2,1H3. The zero-order valence-electron chi connectivity index (χ0n) is 13.0. The molecule has 0 N–H and O–H groups in total. The highest BCUT2D eigenvalue weighted by Crippen LogP contribution is 2.32. The highest BCUT2D eigenvalue weighted by atomic mass is 32.1. The van der Waals surface area contributed by atoms with E-state index in [2.05, 4.69) is 0 Å². The maximum atomic E-state index is 12.7. The first kappa shape index (κ1) is 15.9. The van der Waals surface area contributed by atoms with E-state index in [-0.39, 0.29) is 22.9 Å². The van der Waals surface area contributed by atoms with Crippen LogP contribution < -0.4 is 10.2 Å². The number of esters is 1. The zero-order valence-corrected chi connectivity index (χ0v) is 13.8. The Morgan fingerprint density at radius 2 is 2.04 bits per heavy atom. The minimum atomic E-state index is -0.513. The van der Waals surface area contributed by atoms with E-state index in [0.29, 0.717) is 23.1 Å². The summed E-state index contributed by atoms with van der Waals surface area (Å²) < 4.78 is 6.06. The van der Waals surface area contributed by atoms with Crippen molar-refractivity contribution < 1.29 is 14.3 Å². The molecule has 1 aliphatic rings. The van der Waals surface area contributed by atoms with Gasteiger partial charge in [0.2, 0.25) is 5.43 Å². The van der Waals surface area contributed by atoms with Gasteiger partial charge in [0.15, 0.2) is 5.75 Å². The van der Waals surface area contributed by atoms with Crippen LogP contribution in [0.5, 0.6) is 5.75 Å². The second-order valence-electron chi connectivity index (χ2n) is 5.89. The molecular weight excluding hydrogens is 312 g/mol. The van der Waals surface area contributed by atoms with Crippen LogP contribution in [-0.2, 0) is 16.0 Å². The van der Waals surface area contributed by atoms with Crippen molar-refractivity contribution in [1.82, 2.24) is 0 Å². The molecule has 1 unspecified atom stereocenters. The van der Waals surface area contributed by atoms with Gasteiger partial charge in [0.05, 0.1) is 4.88 Å². The van der Waals surface area contributed by atoms with Crippen molar-refractivity contribution in [3.05, 3.63) is 39.4 Å². The summed E-state index contributed by atoms with van der Waals surface area (Å²) in [5.41, 5.74) is -0.271. The van der Waals surface area contributed by atoms with E-state index >= 15 is 0 Å². The van der Waals surface area contributed by atoms with E-state index in [0.717, 1.165) is 24.0 Å². The molecule has 120 valence electrons. The summed E-state index contributed by atoms with van der Waals surface area (Å²) in [6.45, 7) is 1.29. The summed E-state index contributed by atoms with van der Waals surface area (Å²) in [5.74, 6) is -0.243. The number of fused-ring (bicyclic) bond motifs is 1. The second kappa shape index (κ2) is 6.62. The molecule has 0 radical (unpaired) electrons. The van der Waals surface area contributed by atoms with Gasteiger partial charge < -0.3 is 4.74 Å². The van der Waals surface area contributed by atoms with Crippen LogP contribution in [-0.4, -0.2) is 11.8 Å². The largest absolute Gasteiger partial charge is 0.421 e. The zero-order chi connectivity index (χ0) is 16.4. The molecule has 1 atom stereocenters. The van der Waals surface area contributed by atoms with Gasteiger partial charge in [0, 0.05) is 29.3 Å². The minimum Gasteiger partial charge on any atom is -0.421 e. The molecule has 0 saturated heterocycles. The number of carbonyl (C=O) groups is 2. The SMILES string of the molecule is CC(=O)Oc1c(CC2CCCCC2=O)sc2ccccc2c1=O. The summed E-state index contributed by atoms with van der Waals surface area (Å²) in [7, 11) is 0. The number of ether oxygens (including phenoxy) is 1. The number of hydrogen-bond acceptors (Lipinski definition) is 5. The molecule has 1 aliphatic carbocycles. The molecule has 0 aliphatic heterocycles. The molecule has 1 heterocycles. The molecule has 0 bridgehead atoms. The predicted octanol–water partition coefficient (Wildman–Crippen LogP) is 3.49. The minimum absolute atomic E-state index is 0.0742. The fourth-order valence-corrected chi connectivity index (χ4v) is 4.24. The summed E-state index contributed by atoms with van der Waals surface area (Å²) >= 11 is 1.44. The molecule has 5 heteroatoms. The molecule has 2 aromatic rings. The maximum absolute atomic E-state index is 12.7. The second-order valence-corrected chi connectivity index (χ2v) is 7.02. The quantitative estimate of drug-likeness (QED) is 0.808. The summed E-state index contributed by atoms with van der Waals surface area (Å²) in [6, 6.07) is 7.28. The van der Waals surface area contributed by atoms with Gasteiger partial charge in [-0.1, -0.05) is 18.6 Å². The van der Waals surface area contributed by atoms with Crippen LogP contribution in [0.3, 0.4) is 0 Å². The molecule has 1 fully saturated rings. The first-order valence-electron chi connectivity index (χ1n) is 7.82. The third kappa shape index (κ3) is 3.34. The molecular formula is C18H18O4S. The van der Waals surface area contributed by atoms with Crippen LogP contribution in [0, 0.1) is 5.92 Å². The topological polar surface area (TPSA) is 60.4 Å². The number of ketones is 1. The summed E-state index contributed by atoms with van der Waals surface area (Å²) in [4.78, 5) is 36.8. The van der Waals surface area contributed by atoms with E-state index in [1.165, 1.54) is 18.3 Å². The van der Waals surface area contributed by atoms with E-state index < -0.39 is 5.97 Å². The van der Waals surface area contributed by atoms with Gasteiger partial charge in [-0.15, -0.1) is 11.3 Å². The van der Waals surface area contributed by atoms with E-state index in [4.69, 9.17) is 4.74 Å². The molecule has 1 saturated carbocycles. The van der Waals surface area contributed by atoms with Gasteiger partial charge in [-0.2, -0.15) is 0 Å². The third-order valence-corrected chi connectivity index (χ3v) is 5.36. The summed E-state index contributed by atoms with van der Waals surface area (Å²) in [6.07, 6.45) is 3.90. The van der Waals surface area contributed by atoms with Crippen molar-refractivity contribution in [2.45, 2.75) is 39.0 Å². The third-order valence-electron chi connectivity index (χ3n) is 4.18. The first-order valence-corrected chi connectivity index (χ1v) is 8.63. The predicted molar refractivity (Wildman–Crippen MR) is 90.1 cm³/mol. The van der Waals surface area contributed by atoms with Gasteiger partial charge in [-0.25, -0.2) is 0 Å². The van der Waals surface area contributed by atoms with E-state index in [9.17, 15) is 14.4 Å². The van der Waals surface area contributed by atoms with Gasteiger partial charge in [-0.05, 0) is 31.4 Å². The van der Waals surface area contributed by atoms with Crippen LogP contribution in [0.1, 0.15) is 37.5 Å². The molecule has 0 spiro atoms. The van der Waals surface area contributed by atoms with Crippen molar-refractivity contribution in [2.75, 3.05) is 0 Å². The number of rotatable bonds is 3. The first-order chi connectivity index (χ1) is 11.1. The lowest BCUT2D eigenvalue weighted by atomic mass is 9.85. The van der Waals surface area contributed by atoms with Gasteiger partial charge >= 0.3 is 5.97 Å².